The Bertz CT molecular complexity index is 598. The van der Waals surface area contributed by atoms with Crippen molar-refractivity contribution in [1.82, 2.24) is 0 Å². The van der Waals surface area contributed by atoms with Gasteiger partial charge >= 0.3 is 0 Å². The Morgan fingerprint density at radius 2 is 0.781 bits per heavy atom. The van der Waals surface area contributed by atoms with Crippen LogP contribution in [0.4, 0.5) is 0 Å². The maximum Gasteiger partial charge on any atom is 0.170 e. The first-order valence-electron chi connectivity index (χ1n) is 9.66. The first-order chi connectivity index (χ1) is 15.5. The monoisotopic (exact) mass is 454 g/mol. The highest BCUT2D eigenvalue weighted by Crippen LogP contribution is 2.17. The molecule has 32 heavy (non-hydrogen) atoms. The van der Waals surface area contributed by atoms with Crippen LogP contribution in [0.2, 0.25) is 0 Å². The van der Waals surface area contributed by atoms with Gasteiger partial charge in [0.2, 0.25) is 0 Å². The van der Waals surface area contributed by atoms with Gasteiger partial charge in [-0.2, -0.15) is 21.0 Å². The first kappa shape index (κ1) is 29.6. The zero-order valence-corrected chi connectivity index (χ0v) is 18.8. The van der Waals surface area contributed by atoms with Gasteiger partial charge in [-0.15, -0.1) is 0 Å². The Labute approximate surface area is 188 Å². The second-order valence-electron chi connectivity index (χ2n) is 6.13. The average molecular weight is 454 g/mol. The molecule has 0 fully saturated rings. The minimum atomic E-state index is -0.911. The van der Waals surface area contributed by atoms with E-state index in [4.69, 9.17) is 58.9 Å². The molecule has 0 saturated carbocycles. The normalized spacial score (nSPS) is 16.4. The Morgan fingerprint density at radius 3 is 1.03 bits per heavy atom. The third kappa shape index (κ3) is 12.5. The van der Waals surface area contributed by atoms with Crippen LogP contribution in [0.1, 0.15) is 25.7 Å². The van der Waals surface area contributed by atoms with Crippen molar-refractivity contribution in [3.05, 3.63) is 0 Å². The van der Waals surface area contributed by atoms with Gasteiger partial charge in [-0.1, -0.05) is 0 Å². The van der Waals surface area contributed by atoms with E-state index >= 15 is 0 Å². The number of nitriles is 4. The molecule has 0 heterocycles. The molecule has 0 aromatic rings. The van der Waals surface area contributed by atoms with Crippen molar-refractivity contribution >= 4 is 0 Å². The highest BCUT2D eigenvalue weighted by molar-refractivity contribution is 4.80. The molecule has 6 atom stereocenters. The topological polar surface area (TPSA) is 169 Å². The van der Waals surface area contributed by atoms with Crippen molar-refractivity contribution < 1.29 is 37.9 Å². The number of nitrogens with zero attached hydrogens (tertiary/aromatic N) is 4. The van der Waals surface area contributed by atoms with Gasteiger partial charge in [0.05, 0.1) is 63.2 Å². The smallest absolute Gasteiger partial charge is 0.170 e. The third-order valence-electron chi connectivity index (χ3n) is 4.04. The Kier molecular flexibility index (Phi) is 17.9. The molecule has 0 spiro atoms. The number of hydrogen-bond acceptors (Lipinski definition) is 12. The molecule has 0 N–H and O–H groups in total. The van der Waals surface area contributed by atoms with Gasteiger partial charge in [-0.3, -0.25) is 0 Å². The molecule has 0 bridgehead atoms. The molecule has 178 valence electrons. The zero-order valence-electron chi connectivity index (χ0n) is 18.8. The minimum Gasteiger partial charge on any atom is -0.355 e. The summed E-state index contributed by atoms with van der Waals surface area (Å²) < 4.78 is 43.6. The molecule has 6 unspecified atom stereocenters. The fourth-order valence-corrected chi connectivity index (χ4v) is 2.36. The molecule has 0 radical (unpaired) electrons. The van der Waals surface area contributed by atoms with E-state index < -0.39 is 37.4 Å². The second kappa shape index (κ2) is 19.3. The highest BCUT2D eigenvalue weighted by Gasteiger charge is 2.31. The molecule has 12 heteroatoms. The lowest BCUT2D eigenvalue weighted by Gasteiger charge is -2.32. The Hall–Kier alpha value is -2.36. The molecule has 12 nitrogen and oxygen atoms in total. The van der Waals surface area contributed by atoms with Gasteiger partial charge in [0.15, 0.2) is 25.2 Å². The molecule has 0 aliphatic rings. The van der Waals surface area contributed by atoms with Crippen LogP contribution < -0.4 is 0 Å². The highest BCUT2D eigenvalue weighted by atomic mass is 16.7. The molecule has 0 amide bonds. The zero-order chi connectivity index (χ0) is 24.2. The van der Waals surface area contributed by atoms with Crippen LogP contribution in [0.25, 0.3) is 0 Å². The van der Waals surface area contributed by atoms with E-state index in [9.17, 15) is 0 Å². The summed E-state index contributed by atoms with van der Waals surface area (Å²) in [4.78, 5) is 0. The molecule has 0 saturated heterocycles. The lowest BCUT2D eigenvalue weighted by Crippen LogP contribution is -2.45. The van der Waals surface area contributed by atoms with Crippen LogP contribution in [-0.4, -0.2) is 79.0 Å². The van der Waals surface area contributed by atoms with Crippen LogP contribution >= 0.6 is 0 Å². The van der Waals surface area contributed by atoms with Crippen LogP contribution in [-0.2, 0) is 37.9 Å². The maximum atomic E-state index is 9.01. The van der Waals surface area contributed by atoms with Gasteiger partial charge in [-0.05, 0) is 0 Å². The number of ether oxygens (including phenoxy) is 8. The van der Waals surface area contributed by atoms with E-state index in [1.807, 2.05) is 24.3 Å². The van der Waals surface area contributed by atoms with E-state index in [-0.39, 0.29) is 38.9 Å². The number of hydrogen-bond donors (Lipinski definition) is 0. The summed E-state index contributed by atoms with van der Waals surface area (Å²) >= 11 is 0. The summed E-state index contributed by atoms with van der Waals surface area (Å²) in [6.45, 7) is -0.253. The number of rotatable bonds is 19. The largest absolute Gasteiger partial charge is 0.355 e. The molecular formula is C20H30N4O8. The Balaban J connectivity index is 5.68. The van der Waals surface area contributed by atoms with Gasteiger partial charge in [-0.25, -0.2) is 0 Å². The van der Waals surface area contributed by atoms with Crippen LogP contribution in [0.15, 0.2) is 0 Å². The van der Waals surface area contributed by atoms with Crippen molar-refractivity contribution in [3.8, 4) is 24.3 Å². The summed E-state index contributed by atoms with van der Waals surface area (Å²) in [7, 11) is 5.53. The molecule has 0 aromatic carbocycles. The molecule has 0 aromatic heterocycles. The van der Waals surface area contributed by atoms with Crippen molar-refractivity contribution in [3.63, 3.8) is 0 Å². The average Bonchev–Trinajstić information content (AvgIpc) is 2.81. The van der Waals surface area contributed by atoms with E-state index in [0.717, 1.165) is 0 Å². The van der Waals surface area contributed by atoms with E-state index in [1.165, 1.54) is 28.4 Å². The summed E-state index contributed by atoms with van der Waals surface area (Å²) in [6, 6.07) is 7.80. The van der Waals surface area contributed by atoms with Gasteiger partial charge in [0.25, 0.3) is 0 Å². The molecule has 0 aliphatic carbocycles. The van der Waals surface area contributed by atoms with Crippen molar-refractivity contribution in [2.45, 2.75) is 63.1 Å². The van der Waals surface area contributed by atoms with Crippen molar-refractivity contribution in [2.24, 2.45) is 0 Å². The third-order valence-corrected chi connectivity index (χ3v) is 4.04. The van der Waals surface area contributed by atoms with Crippen LogP contribution in [0, 0.1) is 45.3 Å². The fraction of sp³-hybridized carbons (Fsp3) is 0.800. The van der Waals surface area contributed by atoms with Crippen LogP contribution in [0.5, 0.6) is 0 Å². The lowest BCUT2D eigenvalue weighted by atomic mass is 10.2. The van der Waals surface area contributed by atoms with E-state index in [0.29, 0.717) is 0 Å². The molecule has 0 rings (SSSR count). The van der Waals surface area contributed by atoms with Gasteiger partial charge < -0.3 is 37.9 Å². The summed E-state index contributed by atoms with van der Waals surface area (Å²) in [6.07, 6.45) is -5.46. The van der Waals surface area contributed by atoms with E-state index in [1.54, 1.807) is 0 Å². The number of methoxy groups -OCH3 is 4. The lowest BCUT2D eigenvalue weighted by molar-refractivity contribution is -0.260. The predicted molar refractivity (Wildman–Crippen MR) is 106 cm³/mol. The summed E-state index contributed by atoms with van der Waals surface area (Å²) in [5.74, 6) is 0. The second-order valence-corrected chi connectivity index (χ2v) is 6.13. The minimum absolute atomic E-state index is 0.0276. The van der Waals surface area contributed by atoms with E-state index in [2.05, 4.69) is 0 Å². The standard InChI is InChI=1S/C20H30N4O8/c1-25-17(5-9-21)29-13-15(31-19(27-3)7-11-23)16(32-20(28-4)8-12-24)14-30-18(26-2)6-10-22/h15-20H,5-8,13-14H2,1-4H3. The SMILES string of the molecule is COC(CC#N)OCC(OC(CC#N)OC)C(COC(CC#N)OC)OC(CC#N)OC. The quantitative estimate of drug-likeness (QED) is 0.257. The van der Waals surface area contributed by atoms with Crippen molar-refractivity contribution in [1.29, 1.82) is 21.0 Å². The van der Waals surface area contributed by atoms with Crippen LogP contribution in [0.3, 0.4) is 0 Å². The molecular weight excluding hydrogens is 424 g/mol. The first-order valence-corrected chi connectivity index (χ1v) is 9.66. The predicted octanol–water partition coefficient (Wildman–Crippen LogP) is 1.33. The summed E-state index contributed by atoms with van der Waals surface area (Å²) in [5, 5.41) is 35.8. The van der Waals surface area contributed by atoms with Gasteiger partial charge in [0, 0.05) is 28.4 Å². The fourth-order valence-electron chi connectivity index (χ4n) is 2.36. The van der Waals surface area contributed by atoms with Gasteiger partial charge in [0.1, 0.15) is 12.2 Å². The van der Waals surface area contributed by atoms with Crippen molar-refractivity contribution in [2.75, 3.05) is 41.7 Å². The Morgan fingerprint density at radius 1 is 0.500 bits per heavy atom. The maximum absolute atomic E-state index is 9.01. The molecule has 0 aliphatic heterocycles. The summed E-state index contributed by atoms with van der Waals surface area (Å²) in [5.41, 5.74) is 0.